The minimum absolute atomic E-state index is 0.192. The fourth-order valence-corrected chi connectivity index (χ4v) is 2.69. The first-order valence-electron chi connectivity index (χ1n) is 6.81. The molecule has 0 atom stereocenters. The number of ketones is 1. The summed E-state index contributed by atoms with van der Waals surface area (Å²) in [5.41, 5.74) is 1.73. The molecule has 0 unspecified atom stereocenters. The average Bonchev–Trinajstić information content (AvgIpc) is 3.01. The van der Waals surface area contributed by atoms with Crippen molar-refractivity contribution in [1.82, 2.24) is 19.6 Å². The number of benzene rings is 1. The van der Waals surface area contributed by atoms with E-state index in [4.69, 9.17) is 11.6 Å². The first kappa shape index (κ1) is 13.8. The minimum Gasteiger partial charge on any atom is -0.285 e. The van der Waals surface area contributed by atoms with Gasteiger partial charge in [-0.25, -0.2) is 0 Å². The van der Waals surface area contributed by atoms with E-state index in [0.717, 1.165) is 17.3 Å². The van der Waals surface area contributed by atoms with Gasteiger partial charge in [-0.3, -0.25) is 14.2 Å². The third-order valence-electron chi connectivity index (χ3n) is 3.42. The number of carbonyl (C=O) groups excluding carboxylic acids is 1. The van der Waals surface area contributed by atoms with Crippen molar-refractivity contribution in [2.24, 2.45) is 7.05 Å². The van der Waals surface area contributed by atoms with Crippen LogP contribution in [-0.2, 0) is 13.6 Å². The molecule has 0 aliphatic rings. The van der Waals surface area contributed by atoms with Crippen LogP contribution in [0.2, 0.25) is 5.02 Å². The van der Waals surface area contributed by atoms with Crippen molar-refractivity contribution in [3.8, 4) is 0 Å². The quantitative estimate of drug-likeness (QED) is 0.696. The molecule has 0 fully saturated rings. The Morgan fingerprint density at radius 3 is 2.86 bits per heavy atom. The fraction of sp³-hybridized carbons (Fsp3) is 0.267. The standard InChI is InChI=1S/C15H15ClN4O/c1-3-8-20-14(11(16)9-17-20)15(21)13-10-6-4-5-7-12(10)19(2)18-13/h4-7,9H,3,8H2,1-2H3. The second-order valence-electron chi connectivity index (χ2n) is 4.88. The van der Waals surface area contributed by atoms with Gasteiger partial charge in [-0.2, -0.15) is 10.2 Å². The fourth-order valence-electron chi connectivity index (χ4n) is 2.46. The largest absolute Gasteiger partial charge is 0.285 e. The number of aromatic nitrogens is 4. The lowest BCUT2D eigenvalue weighted by Gasteiger charge is -2.04. The number of para-hydroxylation sites is 1. The van der Waals surface area contributed by atoms with Gasteiger partial charge < -0.3 is 0 Å². The third-order valence-corrected chi connectivity index (χ3v) is 3.69. The van der Waals surface area contributed by atoms with Gasteiger partial charge in [0.1, 0.15) is 11.4 Å². The van der Waals surface area contributed by atoms with Gasteiger partial charge in [0.2, 0.25) is 5.78 Å². The molecule has 108 valence electrons. The average molecular weight is 303 g/mol. The van der Waals surface area contributed by atoms with Crippen molar-refractivity contribution >= 4 is 28.3 Å². The Labute approximate surface area is 127 Å². The SMILES string of the molecule is CCCn1ncc(Cl)c1C(=O)c1nn(C)c2ccccc12. The highest BCUT2D eigenvalue weighted by molar-refractivity contribution is 6.35. The molecule has 3 aromatic rings. The molecule has 0 bridgehead atoms. The zero-order valence-electron chi connectivity index (χ0n) is 11.9. The number of halogens is 1. The van der Waals surface area contributed by atoms with Gasteiger partial charge in [0.05, 0.1) is 16.7 Å². The maximum atomic E-state index is 12.8. The number of nitrogens with zero attached hydrogens (tertiary/aromatic N) is 4. The van der Waals surface area contributed by atoms with Crippen LogP contribution in [0.4, 0.5) is 0 Å². The second-order valence-corrected chi connectivity index (χ2v) is 5.29. The van der Waals surface area contributed by atoms with Crippen molar-refractivity contribution in [3.63, 3.8) is 0 Å². The summed E-state index contributed by atoms with van der Waals surface area (Å²) >= 11 is 6.14. The van der Waals surface area contributed by atoms with Crippen LogP contribution in [0.1, 0.15) is 29.5 Å². The van der Waals surface area contributed by atoms with Gasteiger partial charge >= 0.3 is 0 Å². The smallest absolute Gasteiger partial charge is 0.233 e. The van der Waals surface area contributed by atoms with Crippen LogP contribution in [0.5, 0.6) is 0 Å². The van der Waals surface area contributed by atoms with Crippen LogP contribution in [0.15, 0.2) is 30.5 Å². The number of carbonyl (C=O) groups is 1. The van der Waals surface area contributed by atoms with Gasteiger partial charge in [-0.1, -0.05) is 36.7 Å². The van der Waals surface area contributed by atoms with Crippen LogP contribution in [0.3, 0.4) is 0 Å². The lowest BCUT2D eigenvalue weighted by molar-refractivity contribution is 0.102. The third kappa shape index (κ3) is 2.23. The molecule has 0 N–H and O–H groups in total. The zero-order chi connectivity index (χ0) is 15.0. The van der Waals surface area contributed by atoms with E-state index in [-0.39, 0.29) is 5.78 Å². The molecule has 0 saturated carbocycles. The van der Waals surface area contributed by atoms with Crippen LogP contribution in [0, 0.1) is 0 Å². The van der Waals surface area contributed by atoms with Crippen molar-refractivity contribution in [1.29, 1.82) is 0 Å². The topological polar surface area (TPSA) is 52.7 Å². The second kappa shape index (κ2) is 5.33. The number of fused-ring (bicyclic) bond motifs is 1. The van der Waals surface area contributed by atoms with Gasteiger partial charge in [0.15, 0.2) is 0 Å². The Bertz CT molecular complexity index is 818. The predicted molar refractivity (Wildman–Crippen MR) is 81.7 cm³/mol. The highest BCUT2D eigenvalue weighted by Crippen LogP contribution is 2.24. The molecule has 0 saturated heterocycles. The van der Waals surface area contributed by atoms with Crippen molar-refractivity contribution in [3.05, 3.63) is 46.9 Å². The molecule has 0 spiro atoms. The maximum absolute atomic E-state index is 12.8. The molecule has 0 radical (unpaired) electrons. The van der Waals surface area contributed by atoms with Gasteiger partial charge in [-0.15, -0.1) is 0 Å². The number of aryl methyl sites for hydroxylation is 2. The first-order valence-corrected chi connectivity index (χ1v) is 7.19. The highest BCUT2D eigenvalue weighted by atomic mass is 35.5. The van der Waals surface area contributed by atoms with Gasteiger partial charge in [0, 0.05) is 19.0 Å². The Morgan fingerprint density at radius 1 is 1.33 bits per heavy atom. The molecule has 6 heteroatoms. The summed E-state index contributed by atoms with van der Waals surface area (Å²) in [6, 6.07) is 7.65. The van der Waals surface area contributed by atoms with E-state index in [2.05, 4.69) is 10.2 Å². The summed E-state index contributed by atoms with van der Waals surface area (Å²) in [6.07, 6.45) is 2.39. The Balaban J connectivity index is 2.15. The van der Waals surface area contributed by atoms with E-state index in [0.29, 0.717) is 23.0 Å². The highest BCUT2D eigenvalue weighted by Gasteiger charge is 2.23. The van der Waals surface area contributed by atoms with E-state index in [1.54, 1.807) is 9.36 Å². The summed E-state index contributed by atoms with van der Waals surface area (Å²) in [6.45, 7) is 2.68. The molecule has 2 heterocycles. The summed E-state index contributed by atoms with van der Waals surface area (Å²) in [5.74, 6) is -0.192. The number of hydrogen-bond acceptors (Lipinski definition) is 3. The van der Waals surface area contributed by atoms with E-state index in [9.17, 15) is 4.79 Å². The maximum Gasteiger partial charge on any atom is 0.233 e. The zero-order valence-corrected chi connectivity index (χ0v) is 12.6. The number of hydrogen-bond donors (Lipinski definition) is 0. The normalized spacial score (nSPS) is 11.2. The molecular weight excluding hydrogens is 288 g/mol. The van der Waals surface area contributed by atoms with E-state index < -0.39 is 0 Å². The molecule has 5 nitrogen and oxygen atoms in total. The molecule has 0 amide bonds. The van der Waals surface area contributed by atoms with Gasteiger partial charge in [0.25, 0.3) is 0 Å². The lowest BCUT2D eigenvalue weighted by Crippen LogP contribution is -2.13. The molecular formula is C15H15ClN4O. The predicted octanol–water partition coefficient (Wildman–Crippen LogP) is 3.06. The summed E-state index contributed by atoms with van der Waals surface area (Å²) in [5, 5.41) is 9.71. The Morgan fingerprint density at radius 2 is 2.10 bits per heavy atom. The molecule has 21 heavy (non-hydrogen) atoms. The van der Waals surface area contributed by atoms with E-state index >= 15 is 0 Å². The molecule has 2 aromatic heterocycles. The van der Waals surface area contributed by atoms with Crippen molar-refractivity contribution < 1.29 is 4.79 Å². The molecule has 1 aromatic carbocycles. The molecule has 0 aliphatic heterocycles. The minimum atomic E-state index is -0.192. The Hall–Kier alpha value is -2.14. The van der Waals surface area contributed by atoms with Crippen molar-refractivity contribution in [2.75, 3.05) is 0 Å². The van der Waals surface area contributed by atoms with Crippen LogP contribution in [-0.4, -0.2) is 25.3 Å². The van der Waals surface area contributed by atoms with Gasteiger partial charge in [-0.05, 0) is 12.5 Å². The summed E-state index contributed by atoms with van der Waals surface area (Å²) < 4.78 is 3.35. The number of rotatable bonds is 4. The van der Waals surface area contributed by atoms with Crippen LogP contribution < -0.4 is 0 Å². The first-order chi connectivity index (χ1) is 10.1. The monoisotopic (exact) mass is 302 g/mol. The lowest BCUT2D eigenvalue weighted by atomic mass is 10.1. The van der Waals surface area contributed by atoms with Crippen molar-refractivity contribution in [2.45, 2.75) is 19.9 Å². The van der Waals surface area contributed by atoms with Crippen LogP contribution in [0.25, 0.3) is 10.9 Å². The summed E-state index contributed by atoms with van der Waals surface area (Å²) in [7, 11) is 1.82. The van der Waals surface area contributed by atoms with E-state index in [1.807, 2.05) is 38.2 Å². The molecule has 3 rings (SSSR count). The van der Waals surface area contributed by atoms with E-state index in [1.165, 1.54) is 6.20 Å². The Kier molecular flexibility index (Phi) is 3.51. The molecule has 0 aliphatic carbocycles. The summed E-state index contributed by atoms with van der Waals surface area (Å²) in [4.78, 5) is 12.8. The van der Waals surface area contributed by atoms with Crippen LogP contribution >= 0.6 is 11.6 Å².